The zero-order valence-electron chi connectivity index (χ0n) is 21.4. The fraction of sp³-hybridized carbons (Fsp3) is 0.321. The topological polar surface area (TPSA) is 115 Å². The van der Waals surface area contributed by atoms with Gasteiger partial charge in [-0.2, -0.15) is 0 Å². The third-order valence-corrected chi connectivity index (χ3v) is 6.37. The summed E-state index contributed by atoms with van der Waals surface area (Å²) in [4.78, 5) is 35.6. The molecule has 1 fully saturated rings. The lowest BCUT2D eigenvalue weighted by Crippen LogP contribution is -2.38. The van der Waals surface area contributed by atoms with Gasteiger partial charge < -0.3 is 29.2 Å². The zero-order chi connectivity index (χ0) is 26.5. The second-order valence-electron chi connectivity index (χ2n) is 8.91. The van der Waals surface area contributed by atoms with E-state index >= 15 is 0 Å². The minimum Gasteiger partial charge on any atom is -0.492 e. The molecular weight excluding hydrogens is 488 g/mol. The molecule has 0 amide bonds. The number of aryl methyl sites for hydroxylation is 1. The summed E-state index contributed by atoms with van der Waals surface area (Å²) in [6.45, 7) is 8.46. The monoisotopic (exact) mass is 518 g/mol. The standard InChI is InChI=1S/C28H30N4O6/c1-3-36-28(34)24-25(33)23(16-19-17-30-26-21(19)5-4-8-29-26)38-27(24)31-22-7-6-20(15-18(22)2)37-14-11-32-9-12-35-13-10-32/h4-8,15-17,31H,3,9-14H2,1-2H3,(H,29,30). The molecule has 4 heterocycles. The van der Waals surface area contributed by atoms with Crippen molar-refractivity contribution < 1.29 is 28.5 Å². The number of hydrogen-bond acceptors (Lipinski definition) is 9. The first-order valence-electron chi connectivity index (χ1n) is 12.6. The predicted molar refractivity (Wildman–Crippen MR) is 141 cm³/mol. The molecule has 0 saturated carbocycles. The van der Waals surface area contributed by atoms with Crippen molar-refractivity contribution in [3.63, 3.8) is 0 Å². The number of rotatable bonds is 9. The molecule has 0 aliphatic carbocycles. The van der Waals surface area contributed by atoms with Crippen LogP contribution >= 0.6 is 0 Å². The quantitative estimate of drug-likeness (QED) is 0.250. The van der Waals surface area contributed by atoms with E-state index in [4.69, 9.17) is 18.9 Å². The summed E-state index contributed by atoms with van der Waals surface area (Å²) in [5, 5.41) is 3.94. The Morgan fingerprint density at radius 2 is 2.11 bits per heavy atom. The summed E-state index contributed by atoms with van der Waals surface area (Å²) >= 11 is 0. The van der Waals surface area contributed by atoms with Gasteiger partial charge in [0.05, 0.1) is 19.8 Å². The average Bonchev–Trinajstić information content (AvgIpc) is 3.47. The van der Waals surface area contributed by atoms with Crippen LogP contribution in [0.5, 0.6) is 5.75 Å². The van der Waals surface area contributed by atoms with E-state index in [1.54, 1.807) is 25.4 Å². The minimum atomic E-state index is -0.746. The first-order chi connectivity index (χ1) is 18.5. The van der Waals surface area contributed by atoms with Gasteiger partial charge in [0.2, 0.25) is 11.7 Å². The molecule has 0 radical (unpaired) electrons. The van der Waals surface area contributed by atoms with Gasteiger partial charge in [-0.3, -0.25) is 9.69 Å². The third-order valence-electron chi connectivity index (χ3n) is 6.37. The molecule has 1 saturated heterocycles. The molecule has 2 N–H and O–H groups in total. The lowest BCUT2D eigenvalue weighted by atomic mass is 10.1. The Balaban J connectivity index is 1.32. The molecule has 5 rings (SSSR count). The van der Waals surface area contributed by atoms with Crippen molar-refractivity contribution in [3.05, 3.63) is 71.1 Å². The van der Waals surface area contributed by atoms with Gasteiger partial charge in [-0.1, -0.05) is 0 Å². The molecule has 3 aromatic rings. The number of carbonyl (C=O) groups excluding carboxylic acids is 2. The number of morpholine rings is 1. The second kappa shape index (κ2) is 11.5. The van der Waals surface area contributed by atoms with Crippen LogP contribution in [0.15, 0.2) is 59.9 Å². The molecular formula is C28H30N4O6. The molecule has 0 atom stereocenters. The zero-order valence-corrected chi connectivity index (χ0v) is 21.4. The number of aromatic amines is 1. The summed E-state index contributed by atoms with van der Waals surface area (Å²) < 4.78 is 22.4. The van der Waals surface area contributed by atoms with Gasteiger partial charge >= 0.3 is 5.97 Å². The molecule has 2 aliphatic heterocycles. The number of esters is 1. The summed E-state index contributed by atoms with van der Waals surface area (Å²) in [6.07, 6.45) is 5.01. The highest BCUT2D eigenvalue weighted by Gasteiger charge is 2.37. The fourth-order valence-electron chi connectivity index (χ4n) is 4.35. The van der Waals surface area contributed by atoms with Gasteiger partial charge in [-0.15, -0.1) is 0 Å². The highest BCUT2D eigenvalue weighted by molar-refractivity contribution is 6.26. The van der Waals surface area contributed by atoms with Crippen LogP contribution in [-0.2, 0) is 23.8 Å². The molecule has 10 nitrogen and oxygen atoms in total. The van der Waals surface area contributed by atoms with Crippen LogP contribution in [0.25, 0.3) is 17.1 Å². The number of carbonyl (C=O) groups is 2. The number of allylic oxidation sites excluding steroid dienone is 1. The SMILES string of the molecule is CCOC(=O)C1=C(Nc2ccc(OCCN3CCOCC3)cc2C)OC(=Cc2c[nH]c3ncccc23)C1=O. The van der Waals surface area contributed by atoms with Crippen LogP contribution in [0.3, 0.4) is 0 Å². The lowest BCUT2D eigenvalue weighted by molar-refractivity contribution is -0.139. The van der Waals surface area contributed by atoms with Gasteiger partial charge in [-0.25, -0.2) is 9.78 Å². The maximum absolute atomic E-state index is 13.2. The van der Waals surface area contributed by atoms with Crippen molar-refractivity contribution in [2.75, 3.05) is 51.4 Å². The van der Waals surface area contributed by atoms with Crippen molar-refractivity contribution >= 4 is 34.5 Å². The van der Waals surface area contributed by atoms with Crippen molar-refractivity contribution in [3.8, 4) is 5.75 Å². The van der Waals surface area contributed by atoms with E-state index in [0.29, 0.717) is 17.9 Å². The third kappa shape index (κ3) is 5.56. The normalized spacial score (nSPS) is 17.2. The van der Waals surface area contributed by atoms with E-state index < -0.39 is 11.8 Å². The lowest BCUT2D eigenvalue weighted by Gasteiger charge is -2.26. The summed E-state index contributed by atoms with van der Waals surface area (Å²) in [5.41, 5.74) is 2.76. The predicted octanol–water partition coefficient (Wildman–Crippen LogP) is 3.41. The number of fused-ring (bicyclic) bond motifs is 1. The number of anilines is 1. The highest BCUT2D eigenvalue weighted by atomic mass is 16.5. The Kier molecular flexibility index (Phi) is 7.71. The van der Waals surface area contributed by atoms with E-state index in [-0.39, 0.29) is 23.8 Å². The number of benzene rings is 1. The van der Waals surface area contributed by atoms with Crippen LogP contribution in [0.1, 0.15) is 18.1 Å². The number of ketones is 1. The smallest absolute Gasteiger partial charge is 0.347 e. The van der Waals surface area contributed by atoms with Gasteiger partial charge in [0, 0.05) is 48.7 Å². The number of pyridine rings is 1. The number of nitrogens with zero attached hydrogens (tertiary/aromatic N) is 2. The molecule has 38 heavy (non-hydrogen) atoms. The van der Waals surface area contributed by atoms with E-state index in [0.717, 1.165) is 55.1 Å². The number of ether oxygens (including phenoxy) is 4. The number of nitrogens with one attached hydrogen (secondary N) is 2. The number of Topliss-reactive ketones (excluding diaryl/α,β-unsaturated/α-hetero) is 1. The van der Waals surface area contributed by atoms with Crippen LogP contribution in [0.4, 0.5) is 5.69 Å². The van der Waals surface area contributed by atoms with Crippen LogP contribution < -0.4 is 10.1 Å². The largest absolute Gasteiger partial charge is 0.492 e. The maximum Gasteiger partial charge on any atom is 0.347 e. The molecule has 0 unspecified atom stereocenters. The average molecular weight is 519 g/mol. The van der Waals surface area contributed by atoms with Gasteiger partial charge in [0.1, 0.15) is 18.0 Å². The Hall–Kier alpha value is -4.15. The van der Waals surface area contributed by atoms with Crippen LogP contribution in [-0.4, -0.2) is 72.7 Å². The van der Waals surface area contributed by atoms with Crippen molar-refractivity contribution in [1.82, 2.24) is 14.9 Å². The highest BCUT2D eigenvalue weighted by Crippen LogP contribution is 2.32. The summed E-state index contributed by atoms with van der Waals surface area (Å²) in [7, 11) is 0. The van der Waals surface area contributed by atoms with Crippen molar-refractivity contribution in [1.29, 1.82) is 0 Å². The van der Waals surface area contributed by atoms with E-state index in [2.05, 4.69) is 20.2 Å². The Labute approximate surface area is 220 Å². The minimum absolute atomic E-state index is 0.0148. The van der Waals surface area contributed by atoms with Crippen LogP contribution in [0.2, 0.25) is 0 Å². The second-order valence-corrected chi connectivity index (χ2v) is 8.91. The molecule has 0 spiro atoms. The maximum atomic E-state index is 13.2. The molecule has 198 valence electrons. The first kappa shape index (κ1) is 25.5. The molecule has 1 aromatic carbocycles. The van der Waals surface area contributed by atoms with E-state index in [1.165, 1.54) is 0 Å². The molecule has 10 heteroatoms. The van der Waals surface area contributed by atoms with Crippen LogP contribution in [0, 0.1) is 6.92 Å². The number of H-pyrrole nitrogens is 1. The molecule has 2 aromatic heterocycles. The first-order valence-corrected chi connectivity index (χ1v) is 12.6. The molecule has 0 bridgehead atoms. The van der Waals surface area contributed by atoms with Crippen molar-refractivity contribution in [2.45, 2.75) is 13.8 Å². The Morgan fingerprint density at radius 3 is 2.89 bits per heavy atom. The van der Waals surface area contributed by atoms with Crippen molar-refractivity contribution in [2.24, 2.45) is 0 Å². The summed E-state index contributed by atoms with van der Waals surface area (Å²) in [6, 6.07) is 9.27. The van der Waals surface area contributed by atoms with E-state index in [1.807, 2.05) is 37.3 Å². The fourth-order valence-corrected chi connectivity index (χ4v) is 4.35. The summed E-state index contributed by atoms with van der Waals surface area (Å²) in [5.74, 6) is -0.518. The molecule has 2 aliphatic rings. The van der Waals surface area contributed by atoms with Gasteiger partial charge in [-0.05, 0) is 55.8 Å². The van der Waals surface area contributed by atoms with E-state index in [9.17, 15) is 9.59 Å². The van der Waals surface area contributed by atoms with Gasteiger partial charge in [0.25, 0.3) is 0 Å². The number of hydrogen-bond donors (Lipinski definition) is 2. The Bertz CT molecular complexity index is 1400. The Morgan fingerprint density at radius 1 is 1.26 bits per heavy atom. The van der Waals surface area contributed by atoms with Gasteiger partial charge in [0.15, 0.2) is 11.3 Å². The number of aromatic nitrogens is 2.